The van der Waals surface area contributed by atoms with Crippen molar-refractivity contribution in [1.82, 2.24) is 4.98 Å². The van der Waals surface area contributed by atoms with Crippen molar-refractivity contribution in [1.29, 1.82) is 0 Å². The minimum atomic E-state index is -0.664. The number of halogens is 1. The number of aromatic nitrogens is 1. The summed E-state index contributed by atoms with van der Waals surface area (Å²) in [5, 5.41) is 2.77. The highest BCUT2D eigenvalue weighted by Crippen LogP contribution is 2.28. The molecule has 0 fully saturated rings. The number of hydrogen-bond acceptors (Lipinski definition) is 4. The molecule has 0 atom stereocenters. The number of ketones is 1. The van der Waals surface area contributed by atoms with Gasteiger partial charge in [0.25, 0.3) is 5.91 Å². The lowest BCUT2D eigenvalue weighted by atomic mass is 10.1. The number of fused-ring (bicyclic) bond motifs is 2. The summed E-state index contributed by atoms with van der Waals surface area (Å²) in [7, 11) is 0. The highest BCUT2D eigenvalue weighted by Gasteiger charge is 2.16. The van der Waals surface area contributed by atoms with E-state index in [0.29, 0.717) is 27.1 Å². The van der Waals surface area contributed by atoms with E-state index in [4.69, 9.17) is 22.1 Å². The zero-order valence-electron chi connectivity index (χ0n) is 15.1. The molecule has 1 amide bonds. The first-order chi connectivity index (χ1) is 14.0. The maximum Gasteiger partial charge on any atom is 0.252 e. The first-order valence-electron chi connectivity index (χ1n) is 8.71. The Balaban J connectivity index is 1.63. The van der Waals surface area contributed by atoms with Gasteiger partial charge in [-0.3, -0.25) is 14.4 Å². The number of nitrogens with two attached hydrogens (primary N) is 1. The number of aromatic amines is 1. The second kappa shape index (κ2) is 7.41. The molecule has 0 spiro atoms. The highest BCUT2D eigenvalue weighted by molar-refractivity contribution is 6.31. The Labute approximate surface area is 170 Å². The van der Waals surface area contributed by atoms with Gasteiger partial charge in [-0.1, -0.05) is 29.8 Å². The molecule has 4 rings (SSSR count). The molecule has 0 aliphatic rings. The molecular formula is C22H15ClN2O4. The van der Waals surface area contributed by atoms with E-state index in [1.165, 1.54) is 0 Å². The van der Waals surface area contributed by atoms with Crippen LogP contribution in [-0.2, 0) is 0 Å². The van der Waals surface area contributed by atoms with E-state index < -0.39 is 5.91 Å². The first kappa shape index (κ1) is 18.7. The Morgan fingerprint density at radius 3 is 2.62 bits per heavy atom. The fraction of sp³-hybridized carbons (Fsp3) is 0.0455. The Hall–Kier alpha value is -3.64. The Morgan fingerprint density at radius 1 is 1.03 bits per heavy atom. The van der Waals surface area contributed by atoms with Crippen molar-refractivity contribution in [2.24, 2.45) is 5.73 Å². The van der Waals surface area contributed by atoms with Gasteiger partial charge in [0, 0.05) is 33.2 Å². The molecule has 3 N–H and O–H groups in total. The number of aldehydes is 1. The summed E-state index contributed by atoms with van der Waals surface area (Å²) in [5.41, 5.74) is 7.27. The van der Waals surface area contributed by atoms with Crippen LogP contribution in [0.5, 0.6) is 5.75 Å². The van der Waals surface area contributed by atoms with E-state index in [1.807, 2.05) is 0 Å². The van der Waals surface area contributed by atoms with E-state index in [2.05, 4.69) is 4.98 Å². The Kier molecular flexibility index (Phi) is 4.78. The number of carbonyl (C=O) groups is 3. The number of amides is 1. The van der Waals surface area contributed by atoms with Gasteiger partial charge in [0.2, 0.25) is 5.78 Å². The average Bonchev–Trinajstić information content (AvgIpc) is 3.14. The second-order valence-corrected chi connectivity index (χ2v) is 6.98. The molecule has 144 valence electrons. The van der Waals surface area contributed by atoms with Crippen molar-refractivity contribution in [3.05, 3.63) is 76.4 Å². The van der Waals surface area contributed by atoms with Crippen LogP contribution in [0.2, 0.25) is 5.02 Å². The lowest BCUT2D eigenvalue weighted by Gasteiger charge is -2.11. The summed E-state index contributed by atoms with van der Waals surface area (Å²) in [6, 6.07) is 13.5. The zero-order chi connectivity index (χ0) is 20.5. The molecule has 0 saturated carbocycles. The molecule has 29 heavy (non-hydrogen) atoms. The van der Waals surface area contributed by atoms with Crippen molar-refractivity contribution >= 4 is 51.3 Å². The molecule has 3 aromatic carbocycles. The minimum absolute atomic E-state index is 0.169. The minimum Gasteiger partial charge on any atom is -0.485 e. The number of rotatable bonds is 6. The van der Waals surface area contributed by atoms with Gasteiger partial charge in [-0.05, 0) is 41.1 Å². The van der Waals surface area contributed by atoms with Crippen molar-refractivity contribution in [3.8, 4) is 5.75 Å². The number of primary amides is 1. The van der Waals surface area contributed by atoms with Crippen LogP contribution in [0, 0.1) is 0 Å². The van der Waals surface area contributed by atoms with Crippen LogP contribution in [0.3, 0.4) is 0 Å². The van der Waals surface area contributed by atoms with Gasteiger partial charge < -0.3 is 15.5 Å². The van der Waals surface area contributed by atoms with E-state index in [0.717, 1.165) is 17.1 Å². The third kappa shape index (κ3) is 3.58. The van der Waals surface area contributed by atoms with E-state index >= 15 is 0 Å². The third-order valence-corrected chi connectivity index (χ3v) is 4.90. The summed E-state index contributed by atoms with van der Waals surface area (Å²) in [6.45, 7) is -0.276. The van der Waals surface area contributed by atoms with E-state index in [1.54, 1.807) is 54.7 Å². The van der Waals surface area contributed by atoms with Gasteiger partial charge in [0.15, 0.2) is 6.61 Å². The maximum atomic E-state index is 12.7. The summed E-state index contributed by atoms with van der Waals surface area (Å²) in [4.78, 5) is 38.4. The number of Topliss-reactive ketones (excluding diaryl/α,β-unsaturated/α-hetero) is 1. The molecule has 7 heteroatoms. The summed E-state index contributed by atoms with van der Waals surface area (Å²) >= 11 is 6.00. The van der Waals surface area contributed by atoms with E-state index in [9.17, 15) is 14.4 Å². The molecule has 1 heterocycles. The number of ether oxygens (including phenoxy) is 1. The van der Waals surface area contributed by atoms with Crippen LogP contribution in [0.4, 0.5) is 0 Å². The fourth-order valence-corrected chi connectivity index (χ4v) is 3.41. The lowest BCUT2D eigenvalue weighted by molar-refractivity contribution is 0.0914. The molecule has 6 nitrogen and oxygen atoms in total. The predicted octanol–water partition coefficient (Wildman–Crippen LogP) is 4.15. The lowest BCUT2D eigenvalue weighted by Crippen LogP contribution is -2.16. The third-order valence-electron chi connectivity index (χ3n) is 4.67. The number of nitrogens with one attached hydrogen (secondary N) is 1. The molecule has 0 unspecified atom stereocenters. The maximum absolute atomic E-state index is 12.7. The van der Waals surface area contributed by atoms with Gasteiger partial charge in [-0.25, -0.2) is 0 Å². The Bertz CT molecular complexity index is 1290. The van der Waals surface area contributed by atoms with Crippen LogP contribution < -0.4 is 10.5 Å². The largest absolute Gasteiger partial charge is 0.485 e. The average molecular weight is 407 g/mol. The standard InChI is InChI=1S/C22H15ClN2O4/c23-15-3-2-13-8-21(17(22(24)28)7-14(13)6-15)29-11-20(27)18-9-25-19-5-12(10-26)1-4-16(18)19/h1-10,25H,11H2,(H2,24,28). The number of benzene rings is 3. The van der Waals surface area contributed by atoms with Crippen LogP contribution in [-0.4, -0.2) is 29.6 Å². The SMILES string of the molecule is NC(=O)c1cc2cc(Cl)ccc2cc1OCC(=O)c1c[nH]c2cc(C=O)ccc12. The highest BCUT2D eigenvalue weighted by atomic mass is 35.5. The topological polar surface area (TPSA) is 102 Å². The molecule has 0 saturated heterocycles. The van der Waals surface area contributed by atoms with Crippen molar-refractivity contribution in [2.45, 2.75) is 0 Å². The molecule has 0 aliphatic heterocycles. The van der Waals surface area contributed by atoms with Crippen LogP contribution >= 0.6 is 11.6 Å². The molecule has 0 bridgehead atoms. The van der Waals surface area contributed by atoms with Crippen LogP contribution in [0.25, 0.3) is 21.7 Å². The monoisotopic (exact) mass is 406 g/mol. The molecular weight excluding hydrogens is 392 g/mol. The van der Waals surface area contributed by atoms with Gasteiger partial charge in [-0.15, -0.1) is 0 Å². The normalized spacial score (nSPS) is 10.9. The van der Waals surface area contributed by atoms with Crippen molar-refractivity contribution < 1.29 is 19.1 Å². The Morgan fingerprint density at radius 2 is 1.86 bits per heavy atom. The quantitative estimate of drug-likeness (QED) is 0.371. The number of hydrogen-bond donors (Lipinski definition) is 2. The fourth-order valence-electron chi connectivity index (χ4n) is 3.23. The first-order valence-corrected chi connectivity index (χ1v) is 9.09. The van der Waals surface area contributed by atoms with Crippen LogP contribution in [0.1, 0.15) is 31.1 Å². The smallest absolute Gasteiger partial charge is 0.252 e. The van der Waals surface area contributed by atoms with Gasteiger partial charge in [0.05, 0.1) is 5.56 Å². The van der Waals surface area contributed by atoms with Gasteiger partial charge >= 0.3 is 0 Å². The molecule has 4 aromatic rings. The number of H-pyrrole nitrogens is 1. The number of carbonyl (C=O) groups excluding carboxylic acids is 3. The van der Waals surface area contributed by atoms with Crippen LogP contribution in [0.15, 0.2) is 54.7 Å². The zero-order valence-corrected chi connectivity index (χ0v) is 15.8. The molecule has 0 aliphatic carbocycles. The molecule has 1 aromatic heterocycles. The summed E-state index contributed by atoms with van der Waals surface area (Å²) in [6.07, 6.45) is 2.31. The summed E-state index contributed by atoms with van der Waals surface area (Å²) < 4.78 is 5.66. The van der Waals surface area contributed by atoms with E-state index in [-0.39, 0.29) is 23.7 Å². The predicted molar refractivity (Wildman–Crippen MR) is 111 cm³/mol. The van der Waals surface area contributed by atoms with Gasteiger partial charge in [-0.2, -0.15) is 0 Å². The summed E-state index contributed by atoms with van der Waals surface area (Å²) in [5.74, 6) is -0.715. The van der Waals surface area contributed by atoms with Crippen molar-refractivity contribution in [3.63, 3.8) is 0 Å². The molecule has 0 radical (unpaired) electrons. The van der Waals surface area contributed by atoms with Gasteiger partial charge in [0.1, 0.15) is 12.0 Å². The second-order valence-electron chi connectivity index (χ2n) is 6.54. The van der Waals surface area contributed by atoms with Crippen molar-refractivity contribution in [2.75, 3.05) is 6.61 Å².